The summed E-state index contributed by atoms with van der Waals surface area (Å²) in [5.74, 6) is 0.470. The Kier molecular flexibility index (Phi) is 9.33. The Hall–Kier alpha value is 2.05. The lowest BCUT2D eigenvalue weighted by Gasteiger charge is -2.24. The second kappa shape index (κ2) is 8.27. The van der Waals surface area contributed by atoms with E-state index in [2.05, 4.69) is 53.9 Å². The minimum absolute atomic E-state index is 0.0621. The van der Waals surface area contributed by atoms with Crippen LogP contribution in [0.25, 0.3) is 0 Å². The predicted molar refractivity (Wildman–Crippen MR) is 87.4 cm³/mol. The molecule has 96 valence electrons. The quantitative estimate of drug-likeness (QED) is 0.321. The standard InChI is InChI=1S/C10H14Br3Cl3/c1-6(8(16)9(11)12)3-4-7(15)10(2,13)5-14/h3,7-9H,4-5H2,1-2H3. The topological polar surface area (TPSA) is 0 Å². The molecule has 0 saturated heterocycles. The van der Waals surface area contributed by atoms with Crippen molar-refractivity contribution in [1.29, 1.82) is 0 Å². The van der Waals surface area contributed by atoms with E-state index in [9.17, 15) is 0 Å². The Bertz CT molecular complexity index is 241. The van der Waals surface area contributed by atoms with Crippen LogP contribution in [0.4, 0.5) is 0 Å². The minimum Gasteiger partial charge on any atom is -0.125 e. The lowest BCUT2D eigenvalue weighted by atomic mass is 10.0. The summed E-state index contributed by atoms with van der Waals surface area (Å²) < 4.78 is -0.188. The van der Waals surface area contributed by atoms with Crippen LogP contribution >= 0.6 is 82.6 Å². The van der Waals surface area contributed by atoms with Crippen LogP contribution in [0.5, 0.6) is 0 Å². The molecular weight excluding hydrogens is 466 g/mol. The summed E-state index contributed by atoms with van der Waals surface area (Å²) in [7, 11) is 0. The van der Waals surface area contributed by atoms with Gasteiger partial charge >= 0.3 is 0 Å². The SMILES string of the molecule is CC(=CCC(Cl)C(C)(Br)CCl)C(Cl)C(Br)Br. The van der Waals surface area contributed by atoms with Crippen molar-refractivity contribution < 1.29 is 0 Å². The molecule has 0 aliphatic carbocycles. The molecule has 0 fully saturated rings. The Balaban J connectivity index is 4.37. The maximum absolute atomic E-state index is 6.26. The molecule has 0 nitrogen and oxygen atoms in total. The number of allylic oxidation sites excluding steroid dienone is 2. The molecule has 0 radical (unpaired) electrons. The molecule has 0 N–H and O–H groups in total. The van der Waals surface area contributed by atoms with Crippen LogP contribution in [0.15, 0.2) is 11.6 Å². The summed E-state index contributed by atoms with van der Waals surface area (Å²) in [6.45, 7) is 3.97. The van der Waals surface area contributed by atoms with Crippen LogP contribution < -0.4 is 0 Å². The highest BCUT2D eigenvalue weighted by atomic mass is 79.9. The van der Waals surface area contributed by atoms with E-state index in [-0.39, 0.29) is 18.8 Å². The molecule has 16 heavy (non-hydrogen) atoms. The molecule has 0 aliphatic heterocycles. The van der Waals surface area contributed by atoms with E-state index < -0.39 is 0 Å². The van der Waals surface area contributed by atoms with Crippen molar-refractivity contribution in [3.05, 3.63) is 11.6 Å². The van der Waals surface area contributed by atoms with Crippen LogP contribution in [0.1, 0.15) is 20.3 Å². The average molecular weight is 480 g/mol. The maximum atomic E-state index is 6.26. The van der Waals surface area contributed by atoms with Gasteiger partial charge < -0.3 is 0 Å². The van der Waals surface area contributed by atoms with E-state index in [1.807, 2.05) is 13.8 Å². The van der Waals surface area contributed by atoms with E-state index in [1.54, 1.807) is 0 Å². The number of halogens is 6. The first-order valence-electron chi connectivity index (χ1n) is 4.70. The molecule has 0 saturated carbocycles. The highest BCUT2D eigenvalue weighted by Gasteiger charge is 2.28. The summed E-state index contributed by atoms with van der Waals surface area (Å²) in [6.07, 6.45) is 2.79. The first-order chi connectivity index (χ1) is 7.22. The average Bonchev–Trinajstić information content (AvgIpc) is 2.23. The largest absolute Gasteiger partial charge is 0.125 e. The van der Waals surface area contributed by atoms with Crippen molar-refractivity contribution in [2.75, 3.05) is 5.88 Å². The second-order valence-electron chi connectivity index (χ2n) is 3.80. The van der Waals surface area contributed by atoms with Crippen molar-refractivity contribution in [1.82, 2.24) is 0 Å². The van der Waals surface area contributed by atoms with Gasteiger partial charge in [0.05, 0.1) is 18.8 Å². The monoisotopic (exact) mass is 476 g/mol. The molecule has 0 heterocycles. The first-order valence-corrected chi connectivity index (χ1v) is 8.73. The predicted octanol–water partition coefficient (Wildman–Crippen LogP) is 6.05. The molecule has 0 spiro atoms. The number of rotatable bonds is 6. The number of hydrogen-bond acceptors (Lipinski definition) is 0. The third-order valence-corrected chi connectivity index (χ3v) is 7.11. The lowest BCUT2D eigenvalue weighted by Crippen LogP contribution is -2.30. The van der Waals surface area contributed by atoms with Crippen LogP contribution in [0.2, 0.25) is 0 Å². The molecule has 3 unspecified atom stereocenters. The van der Waals surface area contributed by atoms with Gasteiger partial charge in [0.1, 0.15) is 0 Å². The zero-order chi connectivity index (χ0) is 12.9. The molecule has 0 aromatic heterocycles. The van der Waals surface area contributed by atoms with Gasteiger partial charge in [-0.25, -0.2) is 0 Å². The molecule has 3 atom stereocenters. The van der Waals surface area contributed by atoms with E-state index in [4.69, 9.17) is 34.8 Å². The smallest absolute Gasteiger partial charge is 0.0898 e. The lowest BCUT2D eigenvalue weighted by molar-refractivity contribution is 0.675. The Labute approximate surface area is 138 Å². The fourth-order valence-electron chi connectivity index (χ4n) is 0.930. The molecule has 0 rings (SSSR count). The van der Waals surface area contributed by atoms with Crippen LogP contribution in [-0.2, 0) is 0 Å². The normalized spacial score (nSPS) is 20.7. The molecule has 0 amide bonds. The van der Waals surface area contributed by atoms with E-state index >= 15 is 0 Å². The Morgan fingerprint density at radius 2 is 1.88 bits per heavy atom. The second-order valence-corrected chi connectivity index (χ2v) is 10.1. The van der Waals surface area contributed by atoms with Crippen molar-refractivity contribution in [3.63, 3.8) is 0 Å². The summed E-state index contributed by atoms with van der Waals surface area (Å²) in [6, 6.07) is 0. The molecule has 0 aliphatic rings. The molecule has 6 heteroatoms. The molecular formula is C10H14Br3Cl3. The third-order valence-electron chi connectivity index (χ3n) is 2.22. The highest BCUT2D eigenvalue weighted by molar-refractivity contribution is 9.24. The zero-order valence-electron chi connectivity index (χ0n) is 8.99. The highest BCUT2D eigenvalue weighted by Crippen LogP contribution is 2.31. The van der Waals surface area contributed by atoms with Gasteiger partial charge in [-0.1, -0.05) is 59.4 Å². The van der Waals surface area contributed by atoms with Gasteiger partial charge in [-0.15, -0.1) is 34.8 Å². The first kappa shape index (κ1) is 18.0. The number of alkyl halides is 6. The minimum atomic E-state index is -0.253. The maximum Gasteiger partial charge on any atom is 0.0898 e. The van der Waals surface area contributed by atoms with Gasteiger partial charge in [-0.3, -0.25) is 0 Å². The van der Waals surface area contributed by atoms with Crippen molar-refractivity contribution in [3.8, 4) is 0 Å². The van der Waals surface area contributed by atoms with Crippen molar-refractivity contribution >= 4 is 82.6 Å². The third kappa shape index (κ3) is 6.29. The summed E-state index contributed by atoms with van der Waals surface area (Å²) in [5, 5.41) is -0.144. The summed E-state index contributed by atoms with van der Waals surface area (Å²) in [5.41, 5.74) is 1.09. The fraction of sp³-hybridized carbons (Fsp3) is 0.800. The van der Waals surface area contributed by atoms with E-state index in [0.717, 1.165) is 12.0 Å². The molecule has 0 bridgehead atoms. The van der Waals surface area contributed by atoms with Crippen LogP contribution in [0.3, 0.4) is 0 Å². The van der Waals surface area contributed by atoms with Crippen molar-refractivity contribution in [2.24, 2.45) is 0 Å². The van der Waals surface area contributed by atoms with Gasteiger partial charge in [-0.05, 0) is 20.3 Å². The molecule has 0 aromatic carbocycles. The summed E-state index contributed by atoms with van der Waals surface area (Å²) in [4.78, 5) is 0. The summed E-state index contributed by atoms with van der Waals surface area (Å²) >= 11 is 28.5. The van der Waals surface area contributed by atoms with Gasteiger partial charge in [0.2, 0.25) is 0 Å². The van der Waals surface area contributed by atoms with E-state index in [1.165, 1.54) is 0 Å². The van der Waals surface area contributed by atoms with E-state index in [0.29, 0.717) is 5.88 Å². The zero-order valence-corrected chi connectivity index (χ0v) is 16.0. The Morgan fingerprint density at radius 1 is 1.38 bits per heavy atom. The van der Waals surface area contributed by atoms with Crippen LogP contribution in [0, 0.1) is 0 Å². The van der Waals surface area contributed by atoms with Gasteiger partial charge in [0.15, 0.2) is 0 Å². The van der Waals surface area contributed by atoms with Crippen molar-refractivity contribution in [2.45, 2.75) is 39.1 Å². The fourth-order valence-corrected chi connectivity index (χ4v) is 2.47. The van der Waals surface area contributed by atoms with Gasteiger partial charge in [0, 0.05) is 5.88 Å². The van der Waals surface area contributed by atoms with Gasteiger partial charge in [0.25, 0.3) is 0 Å². The molecule has 0 aromatic rings. The van der Waals surface area contributed by atoms with Crippen LogP contribution in [-0.4, -0.2) is 24.7 Å². The Morgan fingerprint density at radius 3 is 2.25 bits per heavy atom. The van der Waals surface area contributed by atoms with Gasteiger partial charge in [-0.2, -0.15) is 0 Å². The number of hydrogen-bond donors (Lipinski definition) is 0.